The van der Waals surface area contributed by atoms with Crippen molar-refractivity contribution in [2.45, 2.75) is 18.9 Å². The number of aliphatic hydroxyl groups excluding tert-OH is 2. The third-order valence-corrected chi connectivity index (χ3v) is 1.09. The second-order valence-electron chi connectivity index (χ2n) is 1.98. The zero-order chi connectivity index (χ0) is 8.20. The molecular formula is C5H14N2O3. The Morgan fingerprint density at radius 3 is 2.40 bits per heavy atom. The molecule has 0 spiro atoms. The fraction of sp³-hybridized carbons (Fsp3) is 1.00. The smallest absolute Gasteiger partial charge is 0.198 e. The van der Waals surface area contributed by atoms with Crippen LogP contribution in [0.5, 0.6) is 0 Å². The molecule has 0 aromatic rings. The van der Waals surface area contributed by atoms with E-state index in [2.05, 4.69) is 0 Å². The summed E-state index contributed by atoms with van der Waals surface area (Å²) in [6, 6.07) is 0. The summed E-state index contributed by atoms with van der Waals surface area (Å²) >= 11 is 0. The Balaban J connectivity index is 3.82. The molecule has 5 heteroatoms. The molecule has 0 aliphatic carbocycles. The maximum atomic E-state index is 8.89. The van der Waals surface area contributed by atoms with Gasteiger partial charge in [0, 0.05) is 6.61 Å². The highest BCUT2D eigenvalue weighted by Crippen LogP contribution is 1.99. The summed E-state index contributed by atoms with van der Waals surface area (Å²) in [5.74, 6) is -1.64. The molecule has 1 atom stereocenters. The summed E-state index contributed by atoms with van der Waals surface area (Å²) in [6.45, 7) is 1.48. The zero-order valence-electron chi connectivity index (χ0n) is 5.95. The lowest BCUT2D eigenvalue weighted by Gasteiger charge is -2.27. The normalized spacial score (nSPS) is 15.3. The molecule has 0 rings (SSSR count). The molecule has 0 heterocycles. The first-order valence-corrected chi connectivity index (χ1v) is 3.05. The van der Waals surface area contributed by atoms with Crippen LogP contribution in [-0.4, -0.2) is 35.4 Å². The number of hydrogen-bond acceptors (Lipinski definition) is 5. The Labute approximate surface area is 59.6 Å². The molecule has 0 amide bonds. The molecular weight excluding hydrogens is 136 g/mol. The van der Waals surface area contributed by atoms with Crippen molar-refractivity contribution in [1.29, 1.82) is 0 Å². The van der Waals surface area contributed by atoms with E-state index >= 15 is 0 Å². The molecule has 62 valence electrons. The van der Waals surface area contributed by atoms with Gasteiger partial charge in [0.05, 0.1) is 6.61 Å². The maximum absolute atomic E-state index is 8.89. The Bertz CT molecular complexity index is 96.9. The average molecular weight is 150 g/mol. The molecule has 10 heavy (non-hydrogen) atoms. The van der Waals surface area contributed by atoms with Gasteiger partial charge in [-0.3, -0.25) is 11.5 Å². The van der Waals surface area contributed by atoms with Gasteiger partial charge in [-0.05, 0) is 6.92 Å². The van der Waals surface area contributed by atoms with Gasteiger partial charge in [-0.15, -0.1) is 0 Å². The number of nitrogens with two attached hydrogens (primary N) is 2. The Kier molecular flexibility index (Phi) is 3.77. The maximum Gasteiger partial charge on any atom is 0.198 e. The number of ether oxygens (including phenoxy) is 1. The second-order valence-corrected chi connectivity index (χ2v) is 1.98. The SMILES string of the molecule is CCOC(N)(N)C(O)CO. The summed E-state index contributed by atoms with van der Waals surface area (Å²) in [4.78, 5) is 0. The molecule has 0 saturated heterocycles. The van der Waals surface area contributed by atoms with Crippen molar-refractivity contribution < 1.29 is 14.9 Å². The topological polar surface area (TPSA) is 102 Å². The Hall–Kier alpha value is -0.200. The van der Waals surface area contributed by atoms with Crippen molar-refractivity contribution in [3.05, 3.63) is 0 Å². The van der Waals surface area contributed by atoms with Crippen LogP contribution in [0.4, 0.5) is 0 Å². The van der Waals surface area contributed by atoms with Crippen molar-refractivity contribution >= 4 is 0 Å². The fourth-order valence-corrected chi connectivity index (χ4v) is 0.489. The lowest BCUT2D eigenvalue weighted by molar-refractivity contribution is -0.127. The molecule has 0 bridgehead atoms. The van der Waals surface area contributed by atoms with Crippen LogP contribution < -0.4 is 11.5 Å². The van der Waals surface area contributed by atoms with Gasteiger partial charge in [-0.2, -0.15) is 0 Å². The van der Waals surface area contributed by atoms with E-state index in [1.807, 2.05) is 0 Å². The van der Waals surface area contributed by atoms with Gasteiger partial charge < -0.3 is 14.9 Å². The largest absolute Gasteiger partial charge is 0.393 e. The summed E-state index contributed by atoms with van der Waals surface area (Å²) in [7, 11) is 0. The van der Waals surface area contributed by atoms with E-state index in [-0.39, 0.29) is 0 Å². The molecule has 0 aliphatic rings. The molecule has 0 fully saturated rings. The van der Waals surface area contributed by atoms with Gasteiger partial charge in [0.25, 0.3) is 0 Å². The molecule has 0 aliphatic heterocycles. The van der Waals surface area contributed by atoms with Gasteiger partial charge in [-0.25, -0.2) is 0 Å². The monoisotopic (exact) mass is 150 g/mol. The van der Waals surface area contributed by atoms with Crippen LogP contribution in [0.1, 0.15) is 6.92 Å². The summed E-state index contributed by atoms with van der Waals surface area (Å²) < 4.78 is 4.73. The van der Waals surface area contributed by atoms with Crippen molar-refractivity contribution in [3.8, 4) is 0 Å². The van der Waals surface area contributed by atoms with E-state index < -0.39 is 18.6 Å². The van der Waals surface area contributed by atoms with Crippen LogP contribution in [0.2, 0.25) is 0 Å². The molecule has 0 radical (unpaired) electrons. The zero-order valence-corrected chi connectivity index (χ0v) is 5.95. The standard InChI is InChI=1S/C5H14N2O3/c1-2-10-5(6,7)4(9)3-8/h4,8-9H,2-3,6-7H2,1H3. The molecule has 0 aromatic carbocycles. The highest BCUT2D eigenvalue weighted by Gasteiger charge is 2.28. The fourth-order valence-electron chi connectivity index (χ4n) is 0.489. The summed E-state index contributed by atoms with van der Waals surface area (Å²) in [6.07, 6.45) is -1.24. The van der Waals surface area contributed by atoms with Crippen LogP contribution in [0.15, 0.2) is 0 Å². The molecule has 5 nitrogen and oxygen atoms in total. The first kappa shape index (κ1) is 9.80. The van der Waals surface area contributed by atoms with Crippen molar-refractivity contribution in [3.63, 3.8) is 0 Å². The predicted octanol–water partition coefficient (Wildman–Crippen LogP) is -2.05. The highest BCUT2D eigenvalue weighted by atomic mass is 16.5. The van der Waals surface area contributed by atoms with Crippen LogP contribution in [0.25, 0.3) is 0 Å². The second kappa shape index (κ2) is 3.85. The molecule has 6 N–H and O–H groups in total. The number of rotatable bonds is 4. The quantitative estimate of drug-likeness (QED) is 0.345. The highest BCUT2D eigenvalue weighted by molar-refractivity contribution is 4.74. The van der Waals surface area contributed by atoms with Crippen LogP contribution in [0.3, 0.4) is 0 Å². The van der Waals surface area contributed by atoms with Crippen LogP contribution >= 0.6 is 0 Å². The average Bonchev–Trinajstić information content (AvgIpc) is 1.86. The van der Waals surface area contributed by atoms with Gasteiger partial charge in [0.1, 0.15) is 6.10 Å². The van der Waals surface area contributed by atoms with Gasteiger partial charge in [-0.1, -0.05) is 0 Å². The van der Waals surface area contributed by atoms with Crippen LogP contribution in [0, 0.1) is 0 Å². The summed E-state index contributed by atoms with van der Waals surface area (Å²) in [5, 5.41) is 17.3. The van der Waals surface area contributed by atoms with Crippen molar-refractivity contribution in [2.24, 2.45) is 11.5 Å². The van der Waals surface area contributed by atoms with E-state index in [0.717, 1.165) is 0 Å². The van der Waals surface area contributed by atoms with Crippen LogP contribution in [-0.2, 0) is 4.74 Å². The van der Waals surface area contributed by atoms with Crippen molar-refractivity contribution in [1.82, 2.24) is 0 Å². The third-order valence-electron chi connectivity index (χ3n) is 1.09. The van der Waals surface area contributed by atoms with E-state index in [0.29, 0.717) is 6.61 Å². The first-order valence-electron chi connectivity index (χ1n) is 3.05. The minimum absolute atomic E-state index is 0.296. The van der Waals surface area contributed by atoms with E-state index in [1.165, 1.54) is 0 Å². The third kappa shape index (κ3) is 2.59. The molecule has 1 unspecified atom stereocenters. The molecule has 0 saturated carbocycles. The van der Waals surface area contributed by atoms with E-state index in [4.69, 9.17) is 26.4 Å². The minimum atomic E-state index is -1.64. The predicted molar refractivity (Wildman–Crippen MR) is 35.8 cm³/mol. The number of hydrogen-bond donors (Lipinski definition) is 4. The Morgan fingerprint density at radius 1 is 1.60 bits per heavy atom. The van der Waals surface area contributed by atoms with Gasteiger partial charge >= 0.3 is 0 Å². The minimum Gasteiger partial charge on any atom is -0.393 e. The van der Waals surface area contributed by atoms with Gasteiger partial charge in [0.15, 0.2) is 5.85 Å². The van der Waals surface area contributed by atoms with Crippen molar-refractivity contribution in [2.75, 3.05) is 13.2 Å². The molecule has 0 aromatic heterocycles. The number of aliphatic hydroxyl groups is 2. The van der Waals surface area contributed by atoms with E-state index in [9.17, 15) is 0 Å². The Morgan fingerprint density at radius 2 is 2.10 bits per heavy atom. The van der Waals surface area contributed by atoms with E-state index in [1.54, 1.807) is 6.92 Å². The first-order chi connectivity index (χ1) is 4.54. The lowest BCUT2D eigenvalue weighted by Crippen LogP contribution is -2.62. The summed E-state index contributed by atoms with van der Waals surface area (Å²) in [5.41, 5.74) is 10.5. The lowest BCUT2D eigenvalue weighted by atomic mass is 10.2. The van der Waals surface area contributed by atoms with Gasteiger partial charge in [0.2, 0.25) is 0 Å².